The van der Waals surface area contributed by atoms with E-state index < -0.39 is 102 Å². The molecule has 318 valence electrons. The molecule has 20 atom stereocenters. The van der Waals surface area contributed by atoms with Gasteiger partial charge in [0.05, 0.1) is 29.6 Å². The van der Waals surface area contributed by atoms with Gasteiger partial charge in [0, 0.05) is 0 Å². The molecule has 0 bridgehead atoms. The maximum absolute atomic E-state index is 13.9. The van der Waals surface area contributed by atoms with Crippen molar-refractivity contribution in [1.82, 2.24) is 0 Å². The van der Waals surface area contributed by atoms with Gasteiger partial charge < -0.3 is 59.8 Å². The number of carboxylic acid groups (broad SMARTS) is 2. The Morgan fingerprint density at radius 2 is 1.41 bits per heavy atom. The summed E-state index contributed by atoms with van der Waals surface area (Å²) in [5, 5.41) is 85.2. The minimum Gasteiger partial charge on any atom is -0.481 e. The van der Waals surface area contributed by atoms with Crippen LogP contribution >= 0.6 is 0 Å². The Kier molecular flexibility index (Phi) is 11.0. The number of carboxylic acids is 2. The Morgan fingerprint density at radius 1 is 0.750 bits per heavy atom. The Labute approximate surface area is 329 Å². The van der Waals surface area contributed by atoms with E-state index in [4.69, 9.17) is 18.9 Å². The van der Waals surface area contributed by atoms with Crippen LogP contribution in [0.4, 0.5) is 0 Å². The molecule has 8 N–H and O–H groups in total. The third-order valence-corrected chi connectivity index (χ3v) is 17.4. The molecule has 5 aliphatic carbocycles. The van der Waals surface area contributed by atoms with E-state index in [2.05, 4.69) is 47.6 Å². The van der Waals surface area contributed by atoms with Crippen LogP contribution in [0.15, 0.2) is 11.6 Å². The third kappa shape index (κ3) is 5.85. The third-order valence-electron chi connectivity index (χ3n) is 17.4. The summed E-state index contributed by atoms with van der Waals surface area (Å²) in [5.41, 5.74) is -2.55. The van der Waals surface area contributed by atoms with Crippen molar-refractivity contribution in [2.45, 2.75) is 174 Å². The Balaban J connectivity index is 1.11. The van der Waals surface area contributed by atoms with Crippen LogP contribution in [0.2, 0.25) is 0 Å². The first-order valence-corrected chi connectivity index (χ1v) is 20.9. The lowest BCUT2D eigenvalue weighted by Crippen LogP contribution is -2.68. The summed E-state index contributed by atoms with van der Waals surface area (Å²) in [6.45, 7) is 14.1. The molecule has 7 rings (SSSR count). The summed E-state index contributed by atoms with van der Waals surface area (Å²) >= 11 is 0. The molecule has 2 saturated heterocycles. The highest BCUT2D eigenvalue weighted by atomic mass is 16.7. The number of hydrogen-bond donors (Lipinski definition) is 8. The zero-order valence-electron chi connectivity index (χ0n) is 33.9. The van der Waals surface area contributed by atoms with Gasteiger partial charge in [-0.05, 0) is 111 Å². The minimum atomic E-state index is -1.69. The first-order valence-electron chi connectivity index (χ1n) is 20.9. The second-order valence-corrected chi connectivity index (χ2v) is 20.0. The summed E-state index contributed by atoms with van der Waals surface area (Å²) < 4.78 is 24.0. The molecule has 0 aromatic heterocycles. The van der Waals surface area contributed by atoms with Crippen LogP contribution in [0.1, 0.15) is 106 Å². The van der Waals surface area contributed by atoms with Crippen molar-refractivity contribution in [1.29, 1.82) is 0 Å². The van der Waals surface area contributed by atoms with Gasteiger partial charge in [-0.25, -0.2) is 0 Å². The van der Waals surface area contributed by atoms with Crippen LogP contribution in [0.25, 0.3) is 0 Å². The molecule has 14 heteroatoms. The van der Waals surface area contributed by atoms with Gasteiger partial charge in [-0.15, -0.1) is 0 Å². The van der Waals surface area contributed by atoms with Crippen LogP contribution in [0.5, 0.6) is 0 Å². The summed E-state index contributed by atoms with van der Waals surface area (Å²) in [6.07, 6.45) is -6.76. The molecule has 4 saturated carbocycles. The molecule has 2 aliphatic heterocycles. The average molecular weight is 795 g/mol. The fourth-order valence-corrected chi connectivity index (χ4v) is 14.0. The molecule has 0 radical (unpaired) electrons. The lowest BCUT2D eigenvalue weighted by Gasteiger charge is -2.70. The Hall–Kier alpha value is -1.72. The minimum absolute atomic E-state index is 0.0289. The molecule has 0 aromatic rings. The number of carbonyl (C=O) groups is 2. The number of rotatable bonds is 7. The molecule has 0 aromatic carbocycles. The van der Waals surface area contributed by atoms with Crippen molar-refractivity contribution >= 4 is 11.9 Å². The molecule has 56 heavy (non-hydrogen) atoms. The highest BCUT2D eigenvalue weighted by Crippen LogP contribution is 2.76. The van der Waals surface area contributed by atoms with Crippen LogP contribution in [-0.2, 0) is 28.5 Å². The molecule has 2 heterocycles. The van der Waals surface area contributed by atoms with Crippen LogP contribution < -0.4 is 0 Å². The topological polar surface area (TPSA) is 233 Å². The van der Waals surface area contributed by atoms with E-state index >= 15 is 0 Å². The predicted molar refractivity (Wildman–Crippen MR) is 198 cm³/mol. The summed E-state index contributed by atoms with van der Waals surface area (Å²) in [6, 6.07) is 0. The Bertz CT molecular complexity index is 1550. The van der Waals surface area contributed by atoms with E-state index in [9.17, 15) is 50.4 Å². The number of hydrogen-bond acceptors (Lipinski definition) is 12. The SMILES string of the molecule is C[C@@H]1[C@H](C)CC[C@]2(C(=O)O)CC[C@]3(C(=O)O)C(=CC[C@@H]4[C@]5(C)CC[C@H](O[C@@H]6O[C@H](C)[C@H](O[C@@H]7O[C@H](CO)[C@@H](O)[C@H](O)[C@H]7O)[C@H](O)[C@@H]6O)C(C)(C)[C@@H]5CC[C@@]43C)[C@@H]12. The largest absolute Gasteiger partial charge is 0.481 e. The average Bonchev–Trinajstić information content (AvgIpc) is 3.14. The van der Waals surface area contributed by atoms with Gasteiger partial charge in [0.15, 0.2) is 12.6 Å². The van der Waals surface area contributed by atoms with E-state index in [1.807, 2.05) is 0 Å². The number of aliphatic hydroxyl groups excluding tert-OH is 6. The molecule has 0 unspecified atom stereocenters. The molecule has 6 fully saturated rings. The fraction of sp³-hybridized carbons (Fsp3) is 0.905. The summed E-state index contributed by atoms with van der Waals surface area (Å²) in [7, 11) is 0. The number of aliphatic hydroxyl groups is 6. The number of allylic oxidation sites excluding steroid dienone is 1. The molecule has 7 aliphatic rings. The van der Waals surface area contributed by atoms with Crippen LogP contribution in [0, 0.1) is 56.7 Å². The Morgan fingerprint density at radius 3 is 2.05 bits per heavy atom. The van der Waals surface area contributed by atoms with Gasteiger partial charge in [-0.2, -0.15) is 0 Å². The molecular formula is C42H66O14. The van der Waals surface area contributed by atoms with E-state index in [1.54, 1.807) is 6.92 Å². The lowest BCUT2D eigenvalue weighted by molar-refractivity contribution is -0.364. The van der Waals surface area contributed by atoms with Crippen molar-refractivity contribution in [3.8, 4) is 0 Å². The molecule has 0 amide bonds. The zero-order chi connectivity index (χ0) is 41.1. The second kappa shape index (κ2) is 14.5. The van der Waals surface area contributed by atoms with E-state index in [0.717, 1.165) is 24.8 Å². The van der Waals surface area contributed by atoms with Gasteiger partial charge >= 0.3 is 11.9 Å². The van der Waals surface area contributed by atoms with E-state index in [1.165, 1.54) is 0 Å². The smallest absolute Gasteiger partial charge is 0.314 e. The number of ether oxygens (including phenoxy) is 4. The maximum atomic E-state index is 13.9. The monoisotopic (exact) mass is 794 g/mol. The van der Waals surface area contributed by atoms with E-state index in [0.29, 0.717) is 44.4 Å². The first-order chi connectivity index (χ1) is 26.1. The fourth-order valence-electron chi connectivity index (χ4n) is 14.0. The highest BCUT2D eigenvalue weighted by Gasteiger charge is 2.73. The normalized spacial score (nSPS) is 54.1. The van der Waals surface area contributed by atoms with Crippen LogP contribution in [-0.4, -0.2) is 127 Å². The molecular weight excluding hydrogens is 728 g/mol. The van der Waals surface area contributed by atoms with Crippen LogP contribution in [0.3, 0.4) is 0 Å². The predicted octanol–water partition coefficient (Wildman–Crippen LogP) is 2.83. The van der Waals surface area contributed by atoms with Gasteiger partial charge in [-0.3, -0.25) is 9.59 Å². The van der Waals surface area contributed by atoms with Crippen molar-refractivity contribution in [2.75, 3.05) is 6.61 Å². The first kappa shape index (κ1) is 42.4. The van der Waals surface area contributed by atoms with Crippen molar-refractivity contribution in [3.05, 3.63) is 11.6 Å². The quantitative estimate of drug-likeness (QED) is 0.137. The van der Waals surface area contributed by atoms with Crippen molar-refractivity contribution in [3.63, 3.8) is 0 Å². The zero-order valence-corrected chi connectivity index (χ0v) is 33.9. The summed E-state index contributed by atoms with van der Waals surface area (Å²) in [5.74, 6) is -1.45. The van der Waals surface area contributed by atoms with E-state index in [-0.39, 0.29) is 35.2 Å². The standard InChI is InChI=1S/C42H66O14/c1-19-10-15-41(36(49)50)16-17-42(37(51)52)22(27(41)20(19)2)8-9-25-39(6)13-12-26(38(4,5)24(39)11-14-40(25,42)7)55-34-32(48)30(46)33(21(3)53-34)56-35-31(47)29(45)28(44)23(18-43)54-35/h8,19-21,23-35,43-48H,9-18H2,1-7H3,(H,49,50)(H,51,52)/t19-,20-,21-,23-,24+,25-,26+,27-,28-,29+,30-,31-,32+,33+,34+,35+,39-,40+,41+,42-/m1/s1. The second-order valence-electron chi connectivity index (χ2n) is 20.0. The van der Waals surface area contributed by atoms with Crippen molar-refractivity contribution in [2.24, 2.45) is 56.7 Å². The van der Waals surface area contributed by atoms with Gasteiger partial charge in [0.1, 0.15) is 42.7 Å². The molecule has 0 spiro atoms. The maximum Gasteiger partial charge on any atom is 0.314 e. The number of aliphatic carboxylic acids is 2. The highest BCUT2D eigenvalue weighted by molar-refractivity contribution is 5.84. The van der Waals surface area contributed by atoms with Gasteiger partial charge in [0.25, 0.3) is 0 Å². The van der Waals surface area contributed by atoms with Crippen molar-refractivity contribution < 1.29 is 69.4 Å². The van der Waals surface area contributed by atoms with Gasteiger partial charge in [-0.1, -0.05) is 53.2 Å². The molecule has 14 nitrogen and oxygen atoms in total. The lowest BCUT2D eigenvalue weighted by atomic mass is 9.33. The van der Waals surface area contributed by atoms with Gasteiger partial charge in [0.2, 0.25) is 0 Å². The number of fused-ring (bicyclic) bond motifs is 7. The summed E-state index contributed by atoms with van der Waals surface area (Å²) in [4.78, 5) is 27.0.